The highest BCUT2D eigenvalue weighted by Crippen LogP contribution is 2.21. The van der Waals surface area contributed by atoms with Crippen molar-refractivity contribution in [3.63, 3.8) is 0 Å². The minimum absolute atomic E-state index is 0.0104. The molecule has 1 aliphatic heterocycles. The molecular formula is C18H29N3O3. The van der Waals surface area contributed by atoms with Crippen LogP contribution in [0.15, 0.2) is 18.2 Å². The largest absolute Gasteiger partial charge is 0.494 e. The Labute approximate surface area is 144 Å². The van der Waals surface area contributed by atoms with Gasteiger partial charge in [-0.1, -0.05) is 6.07 Å². The van der Waals surface area contributed by atoms with Crippen molar-refractivity contribution in [2.45, 2.75) is 27.0 Å². The fraction of sp³-hybridized carbons (Fsp3) is 0.611. The lowest BCUT2D eigenvalue weighted by atomic mass is 10.1. The molecule has 0 aromatic heterocycles. The van der Waals surface area contributed by atoms with Gasteiger partial charge in [0, 0.05) is 44.8 Å². The molecule has 0 aliphatic carbocycles. The maximum Gasteiger partial charge on any atom is 0.234 e. The van der Waals surface area contributed by atoms with Gasteiger partial charge in [-0.05, 0) is 31.5 Å². The Morgan fingerprint density at radius 1 is 1.21 bits per heavy atom. The number of nitrogens with one attached hydrogen (secondary N) is 1. The predicted molar refractivity (Wildman–Crippen MR) is 93.9 cm³/mol. The number of carbonyl (C=O) groups excluding carboxylic acids is 1. The van der Waals surface area contributed by atoms with E-state index in [-0.39, 0.29) is 12.5 Å². The molecule has 2 N–H and O–H groups in total. The summed E-state index contributed by atoms with van der Waals surface area (Å²) in [4.78, 5) is 16.2. The van der Waals surface area contributed by atoms with Crippen LogP contribution in [0.3, 0.4) is 0 Å². The summed E-state index contributed by atoms with van der Waals surface area (Å²) in [7, 11) is 0. The van der Waals surface area contributed by atoms with Crippen molar-refractivity contribution in [2.75, 3.05) is 45.9 Å². The zero-order valence-electron chi connectivity index (χ0n) is 14.8. The quantitative estimate of drug-likeness (QED) is 0.737. The second-order valence-electron chi connectivity index (χ2n) is 6.04. The van der Waals surface area contributed by atoms with E-state index in [2.05, 4.69) is 21.2 Å². The first-order valence-electron chi connectivity index (χ1n) is 8.73. The van der Waals surface area contributed by atoms with E-state index in [1.165, 1.54) is 5.56 Å². The van der Waals surface area contributed by atoms with Crippen molar-refractivity contribution in [1.29, 1.82) is 0 Å². The zero-order chi connectivity index (χ0) is 17.4. The van der Waals surface area contributed by atoms with E-state index in [4.69, 9.17) is 4.74 Å². The molecule has 2 rings (SSSR count). The maximum atomic E-state index is 11.6. The summed E-state index contributed by atoms with van der Waals surface area (Å²) in [5.41, 5.74) is 2.02. The number of piperazine rings is 1. The maximum absolute atomic E-state index is 11.6. The van der Waals surface area contributed by atoms with Gasteiger partial charge in [0.2, 0.25) is 5.91 Å². The van der Waals surface area contributed by atoms with E-state index in [9.17, 15) is 9.90 Å². The van der Waals surface area contributed by atoms with Crippen LogP contribution in [-0.2, 0) is 17.9 Å². The Balaban J connectivity index is 1.84. The van der Waals surface area contributed by atoms with Gasteiger partial charge >= 0.3 is 0 Å². The summed E-state index contributed by atoms with van der Waals surface area (Å²) >= 11 is 0. The molecule has 1 aromatic rings. The summed E-state index contributed by atoms with van der Waals surface area (Å²) in [6.45, 7) is 10.2. The van der Waals surface area contributed by atoms with Crippen LogP contribution in [0, 0.1) is 0 Å². The predicted octanol–water partition coefficient (Wildman–Crippen LogP) is 0.831. The average Bonchev–Trinajstić information content (AvgIpc) is 2.58. The molecule has 0 bridgehead atoms. The summed E-state index contributed by atoms with van der Waals surface area (Å²) in [6.07, 6.45) is 0. The monoisotopic (exact) mass is 335 g/mol. The van der Waals surface area contributed by atoms with E-state index in [1.54, 1.807) is 0 Å². The van der Waals surface area contributed by atoms with E-state index in [1.807, 2.05) is 26.0 Å². The summed E-state index contributed by atoms with van der Waals surface area (Å²) in [5, 5.41) is 12.3. The van der Waals surface area contributed by atoms with Gasteiger partial charge in [0.25, 0.3) is 0 Å². The number of carbonyl (C=O) groups is 1. The van der Waals surface area contributed by atoms with Crippen molar-refractivity contribution in [2.24, 2.45) is 0 Å². The molecule has 1 amide bonds. The van der Waals surface area contributed by atoms with Crippen LogP contribution < -0.4 is 10.1 Å². The lowest BCUT2D eigenvalue weighted by Gasteiger charge is -2.34. The topological polar surface area (TPSA) is 65.0 Å². The van der Waals surface area contributed by atoms with Crippen LogP contribution in [0.2, 0.25) is 0 Å². The minimum atomic E-state index is -0.0104. The molecule has 0 atom stereocenters. The summed E-state index contributed by atoms with van der Waals surface area (Å²) in [6, 6.07) is 6.02. The van der Waals surface area contributed by atoms with Crippen molar-refractivity contribution < 1.29 is 14.6 Å². The Kier molecular flexibility index (Phi) is 7.49. The van der Waals surface area contributed by atoms with Crippen LogP contribution in [0.1, 0.15) is 25.0 Å². The lowest BCUT2D eigenvalue weighted by molar-refractivity contribution is -0.122. The molecule has 1 fully saturated rings. The molecule has 1 aromatic carbocycles. The molecule has 0 spiro atoms. The number of aliphatic hydroxyl groups is 1. The first-order valence-corrected chi connectivity index (χ1v) is 8.73. The number of likely N-dealkylation sites (N-methyl/N-ethyl adjacent to an activating group) is 1. The van der Waals surface area contributed by atoms with E-state index in [0.29, 0.717) is 19.7 Å². The Hall–Kier alpha value is -1.63. The second-order valence-corrected chi connectivity index (χ2v) is 6.04. The summed E-state index contributed by atoms with van der Waals surface area (Å²) < 4.78 is 5.53. The van der Waals surface area contributed by atoms with Crippen LogP contribution >= 0.6 is 0 Å². The molecule has 1 aliphatic rings. The van der Waals surface area contributed by atoms with Gasteiger partial charge in [0.1, 0.15) is 5.75 Å². The Bertz CT molecular complexity index is 528. The van der Waals surface area contributed by atoms with Crippen molar-refractivity contribution in [3.8, 4) is 5.75 Å². The molecule has 6 nitrogen and oxygen atoms in total. The van der Waals surface area contributed by atoms with Crippen molar-refractivity contribution >= 4 is 5.91 Å². The minimum Gasteiger partial charge on any atom is -0.494 e. The number of benzene rings is 1. The average molecular weight is 335 g/mol. The molecule has 134 valence electrons. The highest BCUT2D eigenvalue weighted by Gasteiger charge is 2.19. The number of amides is 1. The highest BCUT2D eigenvalue weighted by atomic mass is 16.5. The zero-order valence-corrected chi connectivity index (χ0v) is 14.8. The van der Waals surface area contributed by atoms with Gasteiger partial charge in [-0.2, -0.15) is 0 Å². The fourth-order valence-electron chi connectivity index (χ4n) is 2.97. The molecular weight excluding hydrogens is 306 g/mol. The standard InChI is InChI=1S/C18H29N3O3/c1-3-19-18(23)13-21-9-7-20(8-10-21)12-15-5-6-17(24-4-2)16(11-15)14-22/h5-6,11,22H,3-4,7-10,12-14H2,1-2H3,(H,19,23). The van der Waals surface area contributed by atoms with Gasteiger partial charge in [0.05, 0.1) is 19.8 Å². The molecule has 1 saturated heterocycles. The highest BCUT2D eigenvalue weighted by molar-refractivity contribution is 5.77. The van der Waals surface area contributed by atoms with Gasteiger partial charge < -0.3 is 15.2 Å². The number of hydrogen-bond acceptors (Lipinski definition) is 5. The van der Waals surface area contributed by atoms with Gasteiger partial charge in [-0.15, -0.1) is 0 Å². The van der Waals surface area contributed by atoms with Crippen LogP contribution in [-0.4, -0.2) is 66.7 Å². The second kappa shape index (κ2) is 9.61. The van der Waals surface area contributed by atoms with Crippen molar-refractivity contribution in [3.05, 3.63) is 29.3 Å². The Morgan fingerprint density at radius 2 is 1.92 bits per heavy atom. The van der Waals surface area contributed by atoms with Crippen LogP contribution in [0.4, 0.5) is 0 Å². The fourth-order valence-corrected chi connectivity index (χ4v) is 2.97. The third-order valence-electron chi connectivity index (χ3n) is 4.21. The number of nitrogens with zero attached hydrogens (tertiary/aromatic N) is 2. The first kappa shape index (κ1) is 18.7. The smallest absolute Gasteiger partial charge is 0.234 e. The normalized spacial score (nSPS) is 16.1. The molecule has 1 heterocycles. The van der Waals surface area contributed by atoms with Crippen LogP contribution in [0.5, 0.6) is 5.75 Å². The summed E-state index contributed by atoms with van der Waals surface area (Å²) in [5.74, 6) is 0.862. The molecule has 0 unspecified atom stereocenters. The lowest BCUT2D eigenvalue weighted by Crippen LogP contribution is -2.49. The van der Waals surface area contributed by atoms with E-state index < -0.39 is 0 Å². The first-order chi connectivity index (χ1) is 11.7. The van der Waals surface area contributed by atoms with Gasteiger partial charge in [-0.3, -0.25) is 14.6 Å². The third-order valence-corrected chi connectivity index (χ3v) is 4.21. The van der Waals surface area contributed by atoms with E-state index in [0.717, 1.165) is 44.0 Å². The molecule has 0 saturated carbocycles. The molecule has 24 heavy (non-hydrogen) atoms. The van der Waals surface area contributed by atoms with Gasteiger partial charge in [0.15, 0.2) is 0 Å². The third kappa shape index (κ3) is 5.47. The van der Waals surface area contributed by atoms with Crippen LogP contribution in [0.25, 0.3) is 0 Å². The molecule has 6 heteroatoms. The van der Waals surface area contributed by atoms with E-state index >= 15 is 0 Å². The van der Waals surface area contributed by atoms with Crippen molar-refractivity contribution in [1.82, 2.24) is 15.1 Å². The molecule has 0 radical (unpaired) electrons. The number of ether oxygens (including phenoxy) is 1. The van der Waals surface area contributed by atoms with Gasteiger partial charge in [-0.25, -0.2) is 0 Å². The number of hydrogen-bond donors (Lipinski definition) is 2. The Morgan fingerprint density at radius 3 is 2.54 bits per heavy atom. The number of aliphatic hydroxyl groups excluding tert-OH is 1. The SMILES string of the molecule is CCNC(=O)CN1CCN(Cc2ccc(OCC)c(CO)c2)CC1. The number of rotatable bonds is 8.